The number of hydrogen-bond acceptors (Lipinski definition) is 3. The first kappa shape index (κ1) is 19.8. The van der Waals surface area contributed by atoms with Crippen molar-refractivity contribution in [3.8, 4) is 0 Å². The molecule has 1 amide bonds. The van der Waals surface area contributed by atoms with Gasteiger partial charge in [-0.1, -0.05) is 60.7 Å². The van der Waals surface area contributed by atoms with Crippen molar-refractivity contribution in [2.24, 2.45) is 0 Å². The molecule has 5 nitrogen and oxygen atoms in total. The van der Waals surface area contributed by atoms with Crippen LogP contribution in [0.2, 0.25) is 0 Å². The molecular weight excluding hydrogens is 396 g/mol. The van der Waals surface area contributed by atoms with Gasteiger partial charge in [-0.2, -0.15) is 0 Å². The third kappa shape index (κ3) is 4.56. The number of rotatable bonds is 6. The van der Waals surface area contributed by atoms with Gasteiger partial charge in [0.05, 0.1) is 4.90 Å². The normalized spacial score (nSPS) is 11.3. The summed E-state index contributed by atoms with van der Waals surface area (Å²) in [6.45, 7) is 0.135. The Hall–Kier alpha value is -3.48. The maximum atomic E-state index is 12.7. The Balaban J connectivity index is 1.42. The molecule has 0 spiro atoms. The number of hydrogen-bond donors (Lipinski definition) is 2. The summed E-state index contributed by atoms with van der Waals surface area (Å²) < 4.78 is 27.9. The van der Waals surface area contributed by atoms with Crippen molar-refractivity contribution in [1.82, 2.24) is 4.72 Å². The Morgan fingerprint density at radius 3 is 2.13 bits per heavy atom. The zero-order chi connectivity index (χ0) is 21.0. The van der Waals surface area contributed by atoms with Gasteiger partial charge in [0, 0.05) is 17.8 Å². The van der Waals surface area contributed by atoms with Crippen LogP contribution in [0.3, 0.4) is 0 Å². The van der Waals surface area contributed by atoms with Gasteiger partial charge in [0.1, 0.15) is 0 Å². The maximum Gasteiger partial charge on any atom is 0.255 e. The molecule has 0 bridgehead atoms. The zero-order valence-corrected chi connectivity index (χ0v) is 16.9. The number of para-hydroxylation sites is 1. The first-order valence-corrected chi connectivity index (χ1v) is 10.9. The number of anilines is 1. The van der Waals surface area contributed by atoms with Crippen molar-refractivity contribution in [3.63, 3.8) is 0 Å². The summed E-state index contributed by atoms with van der Waals surface area (Å²) in [6, 6.07) is 28.7. The van der Waals surface area contributed by atoms with E-state index in [4.69, 9.17) is 0 Å². The molecule has 0 saturated heterocycles. The van der Waals surface area contributed by atoms with Crippen molar-refractivity contribution >= 4 is 32.4 Å². The highest BCUT2D eigenvalue weighted by atomic mass is 32.2. The van der Waals surface area contributed by atoms with Gasteiger partial charge in [-0.3, -0.25) is 4.79 Å². The van der Waals surface area contributed by atoms with E-state index in [1.807, 2.05) is 54.6 Å². The Labute approximate surface area is 175 Å². The first-order chi connectivity index (χ1) is 14.5. The number of carbonyl (C=O) groups excluding carboxylic acids is 1. The molecule has 30 heavy (non-hydrogen) atoms. The Morgan fingerprint density at radius 2 is 1.40 bits per heavy atom. The third-order valence-corrected chi connectivity index (χ3v) is 6.14. The van der Waals surface area contributed by atoms with E-state index in [2.05, 4.69) is 10.0 Å². The molecule has 0 heterocycles. The second-order valence-electron chi connectivity index (χ2n) is 6.85. The van der Waals surface area contributed by atoms with Crippen molar-refractivity contribution < 1.29 is 13.2 Å². The summed E-state index contributed by atoms with van der Waals surface area (Å²) in [7, 11) is -3.65. The Morgan fingerprint density at radius 1 is 0.733 bits per heavy atom. The second kappa shape index (κ2) is 8.49. The van der Waals surface area contributed by atoms with Crippen LogP contribution in [-0.4, -0.2) is 14.3 Å². The average molecular weight is 417 g/mol. The zero-order valence-electron chi connectivity index (χ0n) is 16.1. The summed E-state index contributed by atoms with van der Waals surface area (Å²) >= 11 is 0. The molecule has 2 N–H and O–H groups in total. The maximum absolute atomic E-state index is 12.7. The topological polar surface area (TPSA) is 75.3 Å². The number of sulfonamides is 1. The largest absolute Gasteiger partial charge is 0.322 e. The van der Waals surface area contributed by atoms with Gasteiger partial charge >= 0.3 is 0 Å². The van der Waals surface area contributed by atoms with E-state index in [-0.39, 0.29) is 17.3 Å². The fraction of sp³-hybridized carbons (Fsp3) is 0.0417. The van der Waals surface area contributed by atoms with Gasteiger partial charge in [0.15, 0.2) is 0 Å². The predicted octanol–water partition coefficient (Wildman–Crippen LogP) is 4.57. The van der Waals surface area contributed by atoms with E-state index in [1.54, 1.807) is 42.5 Å². The molecule has 4 aromatic carbocycles. The van der Waals surface area contributed by atoms with E-state index in [0.717, 1.165) is 22.0 Å². The minimum atomic E-state index is -3.65. The van der Waals surface area contributed by atoms with E-state index >= 15 is 0 Å². The van der Waals surface area contributed by atoms with Gasteiger partial charge in [0.2, 0.25) is 10.0 Å². The molecule has 4 rings (SSSR count). The molecule has 0 aliphatic heterocycles. The molecule has 0 aliphatic carbocycles. The molecule has 0 saturated carbocycles. The highest BCUT2D eigenvalue weighted by Crippen LogP contribution is 2.19. The smallest absolute Gasteiger partial charge is 0.255 e. The fourth-order valence-corrected chi connectivity index (χ4v) is 4.15. The summed E-state index contributed by atoms with van der Waals surface area (Å²) in [5.74, 6) is -0.218. The van der Waals surface area contributed by atoms with Crippen LogP contribution < -0.4 is 10.0 Å². The molecule has 0 atom stereocenters. The quantitative estimate of drug-likeness (QED) is 0.483. The standard InChI is InChI=1S/C24H20N2O3S/c27-24(26-22-8-2-1-3-9-22)20-12-10-18(11-13-20)17-25-30(28,29)23-15-14-19-6-4-5-7-21(19)16-23/h1-16,25H,17H2,(H,26,27). The summed E-state index contributed by atoms with van der Waals surface area (Å²) in [6.07, 6.45) is 0. The van der Waals surface area contributed by atoms with Gasteiger partial charge in [-0.15, -0.1) is 0 Å². The van der Waals surface area contributed by atoms with E-state index in [9.17, 15) is 13.2 Å². The molecule has 0 aliphatic rings. The van der Waals surface area contributed by atoms with Crippen LogP contribution in [0.15, 0.2) is 102 Å². The highest BCUT2D eigenvalue weighted by molar-refractivity contribution is 7.89. The lowest BCUT2D eigenvalue weighted by Crippen LogP contribution is -2.23. The van der Waals surface area contributed by atoms with Crippen LogP contribution in [-0.2, 0) is 16.6 Å². The molecule has 0 aromatic heterocycles. The summed E-state index contributed by atoms with van der Waals surface area (Å²) in [5.41, 5.74) is 1.98. The average Bonchev–Trinajstić information content (AvgIpc) is 2.78. The van der Waals surface area contributed by atoms with Crippen molar-refractivity contribution in [2.75, 3.05) is 5.32 Å². The van der Waals surface area contributed by atoms with Crippen LogP contribution in [0.1, 0.15) is 15.9 Å². The summed E-state index contributed by atoms with van der Waals surface area (Å²) in [5, 5.41) is 4.68. The second-order valence-corrected chi connectivity index (χ2v) is 8.62. The van der Waals surface area contributed by atoms with Gasteiger partial charge in [-0.25, -0.2) is 13.1 Å². The number of carbonyl (C=O) groups is 1. The predicted molar refractivity (Wildman–Crippen MR) is 119 cm³/mol. The Kier molecular flexibility index (Phi) is 5.61. The minimum absolute atomic E-state index is 0.135. The number of fused-ring (bicyclic) bond motifs is 1. The number of benzene rings is 4. The number of amides is 1. The first-order valence-electron chi connectivity index (χ1n) is 9.45. The molecule has 150 valence electrons. The molecular formula is C24H20N2O3S. The van der Waals surface area contributed by atoms with E-state index in [1.165, 1.54) is 0 Å². The lowest BCUT2D eigenvalue weighted by atomic mass is 10.1. The molecule has 0 unspecified atom stereocenters. The van der Waals surface area contributed by atoms with Crippen LogP contribution in [0, 0.1) is 0 Å². The molecule has 0 fully saturated rings. The number of nitrogens with one attached hydrogen (secondary N) is 2. The van der Waals surface area contributed by atoms with Crippen LogP contribution >= 0.6 is 0 Å². The third-order valence-electron chi connectivity index (χ3n) is 4.75. The van der Waals surface area contributed by atoms with Gasteiger partial charge in [0.25, 0.3) is 5.91 Å². The van der Waals surface area contributed by atoms with Crippen molar-refractivity contribution in [2.45, 2.75) is 11.4 Å². The molecule has 6 heteroatoms. The van der Waals surface area contributed by atoms with E-state index < -0.39 is 10.0 Å². The SMILES string of the molecule is O=C(Nc1ccccc1)c1ccc(CNS(=O)(=O)c2ccc3ccccc3c2)cc1. The van der Waals surface area contributed by atoms with E-state index in [0.29, 0.717) is 5.56 Å². The monoisotopic (exact) mass is 416 g/mol. The van der Waals surface area contributed by atoms with Gasteiger partial charge in [-0.05, 0) is 52.7 Å². The van der Waals surface area contributed by atoms with Gasteiger partial charge < -0.3 is 5.32 Å². The molecule has 4 aromatic rings. The van der Waals surface area contributed by atoms with Crippen LogP contribution in [0.5, 0.6) is 0 Å². The van der Waals surface area contributed by atoms with Crippen molar-refractivity contribution in [3.05, 3.63) is 108 Å². The lowest BCUT2D eigenvalue weighted by molar-refractivity contribution is 0.102. The molecule has 0 radical (unpaired) electrons. The van der Waals surface area contributed by atoms with Crippen molar-refractivity contribution in [1.29, 1.82) is 0 Å². The summed E-state index contributed by atoms with van der Waals surface area (Å²) in [4.78, 5) is 12.5. The lowest BCUT2D eigenvalue weighted by Gasteiger charge is -2.09. The fourth-order valence-electron chi connectivity index (χ4n) is 3.09. The minimum Gasteiger partial charge on any atom is -0.322 e. The highest BCUT2D eigenvalue weighted by Gasteiger charge is 2.14. The van der Waals surface area contributed by atoms with Crippen LogP contribution in [0.25, 0.3) is 10.8 Å². The Bertz CT molecular complexity index is 1290. The van der Waals surface area contributed by atoms with Crippen LogP contribution in [0.4, 0.5) is 5.69 Å².